The monoisotopic (exact) mass is 384 g/mol. The fraction of sp³-hybridized carbons (Fsp3) is 0.133. The van der Waals surface area contributed by atoms with Crippen molar-refractivity contribution in [3.63, 3.8) is 0 Å². The Kier molecular flexibility index (Phi) is 5.64. The number of benzene rings is 2. The van der Waals surface area contributed by atoms with E-state index in [0.29, 0.717) is 21.4 Å². The van der Waals surface area contributed by atoms with Gasteiger partial charge in [0.25, 0.3) is 0 Å². The van der Waals surface area contributed by atoms with Gasteiger partial charge in [-0.3, -0.25) is 0 Å². The van der Waals surface area contributed by atoms with Gasteiger partial charge in [-0.2, -0.15) is 0 Å². The van der Waals surface area contributed by atoms with Crippen molar-refractivity contribution in [1.29, 1.82) is 0 Å². The normalized spacial score (nSPS) is 11.8. The molecule has 2 rings (SSSR count). The van der Waals surface area contributed by atoms with E-state index in [-0.39, 0.29) is 6.10 Å². The van der Waals surface area contributed by atoms with Crippen molar-refractivity contribution in [3.8, 4) is 0 Å². The van der Waals surface area contributed by atoms with Gasteiger partial charge in [0, 0.05) is 0 Å². The quantitative estimate of drug-likeness (QED) is 0.565. The van der Waals surface area contributed by atoms with E-state index >= 15 is 0 Å². The molecule has 4 heteroatoms. The van der Waals surface area contributed by atoms with Crippen LogP contribution in [0.15, 0.2) is 59.1 Å². The predicted octanol–water partition coefficient (Wildman–Crippen LogP) is 3.11. The second kappa shape index (κ2) is 7.49. The molecule has 1 atom stereocenters. The molecule has 1 unspecified atom stereocenters. The van der Waals surface area contributed by atoms with Gasteiger partial charge >= 0.3 is 127 Å². The van der Waals surface area contributed by atoms with Crippen molar-refractivity contribution in [3.05, 3.63) is 64.6 Å². The van der Waals surface area contributed by atoms with Crippen LogP contribution in [0.25, 0.3) is 0 Å². The second-order valence-electron chi connectivity index (χ2n) is 3.90. The van der Waals surface area contributed by atoms with Gasteiger partial charge in [0.15, 0.2) is 0 Å². The molecule has 0 aromatic heterocycles. The maximum absolute atomic E-state index is 10.6. The van der Waals surface area contributed by atoms with Crippen molar-refractivity contribution < 1.29 is 9.53 Å². The van der Waals surface area contributed by atoms with Crippen molar-refractivity contribution in [2.45, 2.75) is 11.4 Å². The van der Waals surface area contributed by atoms with Gasteiger partial charge in [-0.05, 0) is 0 Å². The van der Waals surface area contributed by atoms with Gasteiger partial charge in [-0.1, -0.05) is 0 Å². The first kappa shape index (κ1) is 14.3. The summed E-state index contributed by atoms with van der Waals surface area (Å²) < 4.78 is 7.54. The molecule has 0 radical (unpaired) electrons. The van der Waals surface area contributed by atoms with E-state index in [9.17, 15) is 4.79 Å². The van der Waals surface area contributed by atoms with Gasteiger partial charge < -0.3 is 0 Å². The topological polar surface area (TPSA) is 26.3 Å². The number of rotatable bonds is 6. The minimum absolute atomic E-state index is 0.161. The van der Waals surface area contributed by atoms with E-state index < -0.39 is 0 Å². The molecule has 0 amide bonds. The molecule has 2 aromatic rings. The Labute approximate surface area is 127 Å². The molecule has 0 saturated carbocycles. The number of hydrogen-bond acceptors (Lipinski definition) is 2. The zero-order valence-electron chi connectivity index (χ0n) is 10.2. The van der Waals surface area contributed by atoms with Crippen LogP contribution in [0.4, 0.5) is 0 Å². The summed E-state index contributed by atoms with van der Waals surface area (Å²) in [4.78, 5) is 10.6. The summed E-state index contributed by atoms with van der Waals surface area (Å²) in [6, 6.07) is 18.2. The van der Waals surface area contributed by atoms with Gasteiger partial charge in [0.1, 0.15) is 0 Å². The van der Waals surface area contributed by atoms with Crippen molar-refractivity contribution in [1.82, 2.24) is 0 Å². The van der Waals surface area contributed by atoms with E-state index in [4.69, 9.17) is 4.74 Å². The number of carbonyl (C=O) groups is 1. The molecule has 0 heterocycles. The molecule has 0 spiro atoms. The molecule has 19 heavy (non-hydrogen) atoms. The summed E-state index contributed by atoms with van der Waals surface area (Å²) in [5.74, 6) is 0. The Morgan fingerprint density at radius 3 is 2.42 bits per heavy atom. The minimum atomic E-state index is -0.161. The average molecular weight is 384 g/mol. The van der Waals surface area contributed by atoms with Crippen LogP contribution in [-0.2, 0) is 9.53 Å². The third-order valence-corrected chi connectivity index (χ3v) is 5.39. The molecule has 0 bridgehead atoms. The summed E-state index contributed by atoms with van der Waals surface area (Å²) in [6.45, 7) is 0.536. The SMILES string of the molecule is O=COC(C[Se]c1ccccc1)c1ccc(Br)cc1. The zero-order chi connectivity index (χ0) is 13.5. The van der Waals surface area contributed by atoms with E-state index in [0.717, 1.165) is 15.4 Å². The molecular formula is C15H13BrO2Se. The Balaban J connectivity index is 2.04. The van der Waals surface area contributed by atoms with Gasteiger partial charge in [-0.15, -0.1) is 0 Å². The Morgan fingerprint density at radius 1 is 1.11 bits per heavy atom. The standard InChI is InChI=1S/C15H13BrO2Se/c16-13-8-6-12(7-9-13)15(18-11-17)10-19-14-4-2-1-3-5-14/h1-9,11,15H,10H2. The van der Waals surface area contributed by atoms with Crippen LogP contribution in [0.2, 0.25) is 5.32 Å². The van der Waals surface area contributed by atoms with Gasteiger partial charge in [0.2, 0.25) is 0 Å². The van der Waals surface area contributed by atoms with E-state index in [1.807, 2.05) is 42.5 Å². The van der Waals surface area contributed by atoms with Crippen molar-refractivity contribution in [2.24, 2.45) is 0 Å². The van der Waals surface area contributed by atoms with E-state index in [2.05, 4.69) is 28.1 Å². The molecule has 0 aliphatic rings. The molecule has 0 aliphatic heterocycles. The summed E-state index contributed by atoms with van der Waals surface area (Å²) >= 11 is 3.70. The van der Waals surface area contributed by atoms with Crippen LogP contribution in [-0.4, -0.2) is 21.4 Å². The van der Waals surface area contributed by atoms with Gasteiger partial charge in [0.05, 0.1) is 0 Å². The van der Waals surface area contributed by atoms with Crippen LogP contribution < -0.4 is 4.46 Å². The fourth-order valence-electron chi connectivity index (χ4n) is 1.65. The summed E-state index contributed by atoms with van der Waals surface area (Å²) in [5, 5.41) is 0.845. The number of hydrogen-bond donors (Lipinski definition) is 0. The molecule has 0 saturated heterocycles. The molecule has 2 aromatic carbocycles. The number of ether oxygens (including phenoxy) is 1. The first-order chi connectivity index (χ1) is 9.29. The Bertz CT molecular complexity index is 513. The number of carbonyl (C=O) groups excluding carboxylic acids is 1. The predicted molar refractivity (Wildman–Crippen MR) is 80.7 cm³/mol. The van der Waals surface area contributed by atoms with Gasteiger partial charge in [-0.25, -0.2) is 0 Å². The third kappa shape index (κ3) is 4.50. The number of halogens is 1. The zero-order valence-corrected chi connectivity index (χ0v) is 13.5. The van der Waals surface area contributed by atoms with Crippen molar-refractivity contribution in [2.75, 3.05) is 0 Å². The van der Waals surface area contributed by atoms with E-state index in [1.54, 1.807) is 0 Å². The van der Waals surface area contributed by atoms with Crippen LogP contribution in [0, 0.1) is 0 Å². The van der Waals surface area contributed by atoms with Crippen molar-refractivity contribution >= 4 is 41.8 Å². The maximum atomic E-state index is 10.6. The molecule has 0 fully saturated rings. The third-order valence-electron chi connectivity index (χ3n) is 2.61. The first-order valence-corrected chi connectivity index (χ1v) is 8.68. The summed E-state index contributed by atoms with van der Waals surface area (Å²) in [7, 11) is 0. The average Bonchev–Trinajstić information content (AvgIpc) is 2.46. The molecule has 0 N–H and O–H groups in total. The van der Waals surface area contributed by atoms with Crippen LogP contribution in [0.5, 0.6) is 0 Å². The van der Waals surface area contributed by atoms with Crippen LogP contribution in [0.3, 0.4) is 0 Å². The molecule has 2 nitrogen and oxygen atoms in total. The molecular weight excluding hydrogens is 371 g/mol. The van der Waals surface area contributed by atoms with Crippen LogP contribution >= 0.6 is 15.9 Å². The Hall–Kier alpha value is -1.09. The van der Waals surface area contributed by atoms with E-state index in [1.165, 1.54) is 4.46 Å². The molecule has 0 aliphatic carbocycles. The fourth-order valence-corrected chi connectivity index (χ4v) is 3.93. The van der Waals surface area contributed by atoms with Crippen LogP contribution in [0.1, 0.15) is 11.7 Å². The first-order valence-electron chi connectivity index (χ1n) is 5.82. The second-order valence-corrected chi connectivity index (χ2v) is 7.11. The summed E-state index contributed by atoms with van der Waals surface area (Å²) in [5.41, 5.74) is 1.04. The Morgan fingerprint density at radius 2 is 1.79 bits per heavy atom. The molecule has 98 valence electrons. The summed E-state index contributed by atoms with van der Waals surface area (Å²) in [6.07, 6.45) is -0.161.